The Morgan fingerprint density at radius 2 is 1.69 bits per heavy atom. The van der Waals surface area contributed by atoms with Gasteiger partial charge >= 0.3 is 0 Å². The lowest BCUT2D eigenvalue weighted by atomic mass is 10.4. The van der Waals surface area contributed by atoms with E-state index in [4.69, 9.17) is 5.11 Å². The maximum atomic E-state index is 10.5. The van der Waals surface area contributed by atoms with Gasteiger partial charge in [0.1, 0.15) is 5.76 Å². The highest BCUT2D eigenvalue weighted by Crippen LogP contribution is 2.06. The SMILES string of the molecule is Cc1occc(=O)c1O.O=c1ccocc1. The lowest BCUT2D eigenvalue weighted by molar-refractivity contribution is 0.411. The summed E-state index contributed by atoms with van der Waals surface area (Å²) in [7, 11) is 0. The Morgan fingerprint density at radius 3 is 2.06 bits per heavy atom. The van der Waals surface area contributed by atoms with Gasteiger partial charge in [0, 0.05) is 18.2 Å². The number of rotatable bonds is 0. The molecule has 2 aromatic rings. The van der Waals surface area contributed by atoms with Crippen LogP contribution in [-0.4, -0.2) is 5.11 Å². The molecule has 2 heterocycles. The van der Waals surface area contributed by atoms with Gasteiger partial charge in [-0.2, -0.15) is 0 Å². The van der Waals surface area contributed by atoms with Gasteiger partial charge in [0.05, 0.1) is 18.8 Å². The Balaban J connectivity index is 0.000000165. The summed E-state index contributed by atoms with van der Waals surface area (Å²) in [6, 6.07) is 3.89. The molecule has 0 aromatic carbocycles. The van der Waals surface area contributed by atoms with Gasteiger partial charge in [-0.05, 0) is 6.92 Å². The summed E-state index contributed by atoms with van der Waals surface area (Å²) in [5.74, 6) is -0.0556. The smallest absolute Gasteiger partial charge is 0.226 e. The molecule has 0 amide bonds. The van der Waals surface area contributed by atoms with E-state index in [-0.39, 0.29) is 16.9 Å². The lowest BCUT2D eigenvalue weighted by Gasteiger charge is -1.91. The van der Waals surface area contributed by atoms with Crippen LogP contribution in [-0.2, 0) is 0 Å². The molecule has 84 valence electrons. The highest BCUT2D eigenvalue weighted by atomic mass is 16.4. The Hall–Kier alpha value is -2.30. The first-order chi connectivity index (χ1) is 7.61. The Bertz CT molecular complexity index is 535. The third-order valence-corrected chi connectivity index (χ3v) is 1.65. The van der Waals surface area contributed by atoms with Gasteiger partial charge in [0.25, 0.3) is 0 Å². The van der Waals surface area contributed by atoms with Crippen molar-refractivity contribution in [1.82, 2.24) is 0 Å². The van der Waals surface area contributed by atoms with Gasteiger partial charge < -0.3 is 13.9 Å². The van der Waals surface area contributed by atoms with Crippen LogP contribution in [0.5, 0.6) is 5.75 Å². The molecule has 1 N–H and O–H groups in total. The van der Waals surface area contributed by atoms with Crippen LogP contribution in [0.15, 0.2) is 55.4 Å². The summed E-state index contributed by atoms with van der Waals surface area (Å²) in [6.07, 6.45) is 3.95. The summed E-state index contributed by atoms with van der Waals surface area (Å²) >= 11 is 0. The first-order valence-corrected chi connectivity index (χ1v) is 4.41. The summed E-state index contributed by atoms with van der Waals surface area (Å²) in [4.78, 5) is 20.7. The van der Waals surface area contributed by atoms with E-state index in [2.05, 4.69) is 8.83 Å². The molecule has 0 spiro atoms. The van der Waals surface area contributed by atoms with Crippen molar-refractivity contribution in [3.63, 3.8) is 0 Å². The third kappa shape index (κ3) is 3.45. The first-order valence-electron chi connectivity index (χ1n) is 4.41. The molecule has 0 saturated heterocycles. The quantitative estimate of drug-likeness (QED) is 0.726. The normalized spacial score (nSPS) is 9.06. The molecular formula is C11H10O5. The van der Waals surface area contributed by atoms with Crippen molar-refractivity contribution in [1.29, 1.82) is 0 Å². The molecule has 0 radical (unpaired) electrons. The minimum absolute atomic E-state index is 0.0220. The standard InChI is InChI=1S/C6H6O3.C5H4O2/c1-4-6(8)5(7)2-3-9-4;6-5-1-3-7-4-2-5/h2-3,8H,1H3;1-4H. The molecule has 0 fully saturated rings. The molecule has 5 heteroatoms. The minimum Gasteiger partial charge on any atom is -0.502 e. The maximum absolute atomic E-state index is 10.5. The van der Waals surface area contributed by atoms with Crippen molar-refractivity contribution in [2.45, 2.75) is 6.92 Å². The van der Waals surface area contributed by atoms with Crippen LogP contribution in [0.25, 0.3) is 0 Å². The van der Waals surface area contributed by atoms with Crippen LogP contribution in [0.1, 0.15) is 5.76 Å². The molecule has 0 aliphatic rings. The van der Waals surface area contributed by atoms with Crippen LogP contribution in [0, 0.1) is 6.92 Å². The molecule has 0 bridgehead atoms. The molecule has 16 heavy (non-hydrogen) atoms. The number of aryl methyl sites for hydroxylation is 1. The highest BCUT2D eigenvalue weighted by Gasteiger charge is 1.98. The van der Waals surface area contributed by atoms with Gasteiger partial charge in [-0.25, -0.2) is 0 Å². The summed E-state index contributed by atoms with van der Waals surface area (Å²) in [6.45, 7) is 1.52. The van der Waals surface area contributed by atoms with Gasteiger partial charge in [-0.1, -0.05) is 0 Å². The zero-order valence-electron chi connectivity index (χ0n) is 8.54. The second-order valence-corrected chi connectivity index (χ2v) is 2.83. The van der Waals surface area contributed by atoms with Crippen LogP contribution < -0.4 is 10.9 Å². The van der Waals surface area contributed by atoms with Gasteiger partial charge in [0.2, 0.25) is 11.2 Å². The fraction of sp³-hybridized carbons (Fsp3) is 0.0909. The summed E-state index contributed by atoms with van der Waals surface area (Å²) < 4.78 is 9.25. The van der Waals surface area contributed by atoms with E-state index in [0.717, 1.165) is 0 Å². The van der Waals surface area contributed by atoms with Gasteiger partial charge in [-0.3, -0.25) is 9.59 Å². The van der Waals surface area contributed by atoms with Crippen molar-refractivity contribution < 1.29 is 13.9 Å². The van der Waals surface area contributed by atoms with E-state index in [0.29, 0.717) is 0 Å². The van der Waals surface area contributed by atoms with Gasteiger partial charge in [-0.15, -0.1) is 0 Å². The molecule has 0 atom stereocenters. The number of hydrogen-bond donors (Lipinski definition) is 1. The zero-order valence-corrected chi connectivity index (χ0v) is 8.54. The second kappa shape index (κ2) is 5.55. The van der Waals surface area contributed by atoms with E-state index in [1.54, 1.807) is 0 Å². The Kier molecular flexibility index (Phi) is 4.08. The van der Waals surface area contributed by atoms with Gasteiger partial charge in [0.15, 0.2) is 5.43 Å². The third-order valence-electron chi connectivity index (χ3n) is 1.65. The zero-order chi connectivity index (χ0) is 12.0. The van der Waals surface area contributed by atoms with Crippen molar-refractivity contribution in [2.24, 2.45) is 0 Å². The number of hydrogen-bond acceptors (Lipinski definition) is 5. The average molecular weight is 222 g/mol. The second-order valence-electron chi connectivity index (χ2n) is 2.83. The fourth-order valence-corrected chi connectivity index (χ4v) is 0.820. The Labute approximate surface area is 90.6 Å². The molecule has 5 nitrogen and oxygen atoms in total. The highest BCUT2D eigenvalue weighted by molar-refractivity contribution is 5.20. The summed E-state index contributed by atoms with van der Waals surface area (Å²) in [5.41, 5.74) is -0.426. The van der Waals surface area contributed by atoms with Crippen molar-refractivity contribution in [2.75, 3.05) is 0 Å². The minimum atomic E-state index is -0.404. The maximum Gasteiger partial charge on any atom is 0.226 e. The average Bonchev–Trinajstić information content (AvgIpc) is 2.28. The molecule has 0 aliphatic heterocycles. The monoisotopic (exact) mass is 222 g/mol. The molecule has 0 unspecified atom stereocenters. The number of aromatic hydroxyl groups is 1. The first kappa shape index (κ1) is 11.8. The van der Waals surface area contributed by atoms with E-state index in [9.17, 15) is 9.59 Å². The van der Waals surface area contributed by atoms with E-state index in [1.165, 1.54) is 43.9 Å². The molecule has 2 rings (SSSR count). The summed E-state index contributed by atoms with van der Waals surface area (Å²) in [5, 5.41) is 8.80. The molecule has 0 aliphatic carbocycles. The van der Waals surface area contributed by atoms with E-state index in [1.807, 2.05) is 0 Å². The Morgan fingerprint density at radius 1 is 1.06 bits per heavy atom. The fourth-order valence-electron chi connectivity index (χ4n) is 0.820. The van der Waals surface area contributed by atoms with Crippen LogP contribution in [0.3, 0.4) is 0 Å². The largest absolute Gasteiger partial charge is 0.502 e. The van der Waals surface area contributed by atoms with Crippen LogP contribution in [0.4, 0.5) is 0 Å². The lowest BCUT2D eigenvalue weighted by Crippen LogP contribution is -1.97. The van der Waals surface area contributed by atoms with E-state index < -0.39 is 5.43 Å². The van der Waals surface area contributed by atoms with Crippen LogP contribution in [0.2, 0.25) is 0 Å². The van der Waals surface area contributed by atoms with Crippen molar-refractivity contribution >= 4 is 0 Å². The molecule has 2 aromatic heterocycles. The molecular weight excluding hydrogens is 212 g/mol. The van der Waals surface area contributed by atoms with Crippen molar-refractivity contribution in [3.8, 4) is 5.75 Å². The van der Waals surface area contributed by atoms with E-state index >= 15 is 0 Å². The predicted molar refractivity (Wildman–Crippen MR) is 56.4 cm³/mol. The molecule has 0 saturated carbocycles. The predicted octanol–water partition coefficient (Wildman–Crippen LogP) is 1.29. The topological polar surface area (TPSA) is 80.6 Å². The van der Waals surface area contributed by atoms with Crippen LogP contribution >= 0.6 is 0 Å². The van der Waals surface area contributed by atoms with Crippen molar-refractivity contribution in [3.05, 3.63) is 63.2 Å².